The van der Waals surface area contributed by atoms with Crippen LogP contribution in [0.2, 0.25) is 12.1 Å². The van der Waals surface area contributed by atoms with Crippen molar-refractivity contribution in [2.75, 3.05) is 0 Å². The van der Waals surface area contributed by atoms with Gasteiger partial charge in [0.25, 0.3) is 0 Å². The van der Waals surface area contributed by atoms with Gasteiger partial charge in [0.2, 0.25) is 0 Å². The van der Waals surface area contributed by atoms with Crippen LogP contribution in [0.15, 0.2) is 42.5 Å². The van der Waals surface area contributed by atoms with E-state index in [1.54, 1.807) is 12.1 Å². The maximum Gasteiger partial charge on any atom is 0.132 e. The molecule has 0 aliphatic carbocycles. The zero-order chi connectivity index (χ0) is 18.4. The summed E-state index contributed by atoms with van der Waals surface area (Å²) in [5.74, 6) is 0.626. The fourth-order valence-corrected chi connectivity index (χ4v) is 6.97. The topological polar surface area (TPSA) is 23.8 Å². The van der Waals surface area contributed by atoms with Gasteiger partial charge in [-0.2, -0.15) is 5.26 Å². The predicted octanol–water partition coefficient (Wildman–Crippen LogP) is 6.06. The molecule has 0 amide bonds. The summed E-state index contributed by atoms with van der Waals surface area (Å²) in [4.78, 5) is 0. The van der Waals surface area contributed by atoms with Crippen molar-refractivity contribution >= 4 is 14.0 Å². The second-order valence-corrected chi connectivity index (χ2v) is 10.2. The predicted molar refractivity (Wildman–Crippen MR) is 108 cm³/mol. The lowest BCUT2D eigenvalue weighted by atomic mass is 9.96. The van der Waals surface area contributed by atoms with Gasteiger partial charge in [0.05, 0.1) is 20.4 Å². The normalized spacial score (nSPS) is 15.7. The van der Waals surface area contributed by atoms with Crippen molar-refractivity contribution in [2.45, 2.75) is 57.5 Å². The molecule has 0 spiro atoms. The highest BCUT2D eigenvalue weighted by atomic mass is 28.3. The zero-order valence-electron chi connectivity index (χ0n) is 15.6. The molecule has 1 saturated heterocycles. The number of nitrogens with zero attached hydrogens (tertiary/aromatic N) is 1. The highest BCUT2D eigenvalue weighted by Gasteiger charge is 2.23. The van der Waals surface area contributed by atoms with Crippen molar-refractivity contribution in [1.29, 1.82) is 5.26 Å². The molecular formula is C23H27FNSi. The Kier molecular flexibility index (Phi) is 6.63. The molecule has 1 radical (unpaired) electrons. The van der Waals surface area contributed by atoms with Crippen LogP contribution in [0.5, 0.6) is 0 Å². The molecule has 2 aromatic carbocycles. The van der Waals surface area contributed by atoms with Crippen LogP contribution in [0.1, 0.15) is 51.0 Å². The number of hydrogen-bond donors (Lipinski definition) is 0. The van der Waals surface area contributed by atoms with E-state index in [0.717, 1.165) is 11.5 Å². The quantitative estimate of drug-likeness (QED) is 0.452. The summed E-state index contributed by atoms with van der Waals surface area (Å²) in [6.45, 7) is 2.27. The number of halogens is 1. The summed E-state index contributed by atoms with van der Waals surface area (Å²) < 4.78 is 14.2. The van der Waals surface area contributed by atoms with Crippen molar-refractivity contribution in [2.24, 2.45) is 5.92 Å². The van der Waals surface area contributed by atoms with Crippen LogP contribution in [0.25, 0.3) is 11.1 Å². The molecule has 135 valence electrons. The molecule has 1 nitrogen and oxygen atoms in total. The first-order valence-electron chi connectivity index (χ1n) is 9.86. The summed E-state index contributed by atoms with van der Waals surface area (Å²) in [6.07, 6.45) is 8.29. The van der Waals surface area contributed by atoms with Crippen LogP contribution in [-0.4, -0.2) is 8.80 Å². The van der Waals surface area contributed by atoms with E-state index >= 15 is 0 Å². The van der Waals surface area contributed by atoms with Gasteiger partial charge in [-0.05, 0) is 23.6 Å². The molecule has 3 heteroatoms. The Bertz CT molecular complexity index is 755. The van der Waals surface area contributed by atoms with Gasteiger partial charge in [0, 0.05) is 5.56 Å². The van der Waals surface area contributed by atoms with Crippen LogP contribution < -0.4 is 5.19 Å². The van der Waals surface area contributed by atoms with Gasteiger partial charge < -0.3 is 0 Å². The molecule has 0 saturated carbocycles. The molecule has 0 atom stereocenters. The minimum atomic E-state index is -0.443. The summed E-state index contributed by atoms with van der Waals surface area (Å²) in [6, 6.07) is 18.0. The van der Waals surface area contributed by atoms with Crippen LogP contribution in [-0.2, 0) is 0 Å². The van der Waals surface area contributed by atoms with Gasteiger partial charge in [-0.1, -0.05) is 93.1 Å². The van der Waals surface area contributed by atoms with Crippen LogP contribution in [0.4, 0.5) is 4.39 Å². The summed E-state index contributed by atoms with van der Waals surface area (Å²) in [5, 5.41) is 10.4. The molecule has 1 heterocycles. The summed E-state index contributed by atoms with van der Waals surface area (Å²) in [5.41, 5.74) is 1.84. The Hall–Kier alpha value is -1.92. The Labute approximate surface area is 158 Å². The monoisotopic (exact) mass is 364 g/mol. The van der Waals surface area contributed by atoms with Gasteiger partial charge in [0.15, 0.2) is 0 Å². The standard InChI is InChI=1S/C23H27FNSi/c1-2-3-4-5-18-12-14-26(15-13-18)21-9-7-20(8-10-21)22-11-6-19(17-25)16-23(22)24/h6-11,16,18H,2-5,12-15H2,1H3. The van der Waals surface area contributed by atoms with Crippen molar-refractivity contribution in [3.63, 3.8) is 0 Å². The number of hydrogen-bond acceptors (Lipinski definition) is 1. The van der Waals surface area contributed by atoms with E-state index in [2.05, 4.69) is 19.1 Å². The largest absolute Gasteiger partial charge is 0.206 e. The molecule has 1 fully saturated rings. The maximum absolute atomic E-state index is 14.2. The summed E-state index contributed by atoms with van der Waals surface area (Å²) >= 11 is 0. The van der Waals surface area contributed by atoms with Gasteiger partial charge >= 0.3 is 0 Å². The minimum Gasteiger partial charge on any atom is -0.206 e. The average molecular weight is 365 g/mol. The first-order valence-corrected chi connectivity index (χ1v) is 11.8. The van der Waals surface area contributed by atoms with Gasteiger partial charge in [-0.15, -0.1) is 0 Å². The number of unbranched alkanes of at least 4 members (excludes halogenated alkanes) is 2. The number of rotatable bonds is 6. The fraction of sp³-hybridized carbons (Fsp3) is 0.435. The van der Waals surface area contributed by atoms with E-state index in [4.69, 9.17) is 5.26 Å². The average Bonchev–Trinajstić information content (AvgIpc) is 2.69. The lowest BCUT2D eigenvalue weighted by Gasteiger charge is -2.27. The van der Waals surface area contributed by atoms with E-state index in [0.29, 0.717) is 11.1 Å². The highest BCUT2D eigenvalue weighted by molar-refractivity contribution is 6.73. The van der Waals surface area contributed by atoms with E-state index in [9.17, 15) is 4.39 Å². The van der Waals surface area contributed by atoms with Gasteiger partial charge in [-0.25, -0.2) is 4.39 Å². The molecule has 0 N–H and O–H groups in total. The molecule has 0 unspecified atom stereocenters. The van der Waals surface area contributed by atoms with Gasteiger partial charge in [0.1, 0.15) is 5.82 Å². The van der Waals surface area contributed by atoms with Crippen molar-refractivity contribution in [3.05, 3.63) is 53.8 Å². The Morgan fingerprint density at radius 2 is 1.81 bits per heavy atom. The van der Waals surface area contributed by atoms with Gasteiger partial charge in [-0.3, -0.25) is 0 Å². The second kappa shape index (κ2) is 9.14. The SMILES string of the molecule is CCCCCC1CC[Si](c2ccc(-c3ccc(C#N)cc3F)cc2)CC1. The first-order chi connectivity index (χ1) is 12.7. The third kappa shape index (κ3) is 4.62. The Morgan fingerprint density at radius 1 is 1.08 bits per heavy atom. The van der Waals surface area contributed by atoms with Crippen molar-refractivity contribution < 1.29 is 4.39 Å². The number of nitriles is 1. The molecule has 2 aromatic rings. The van der Waals surface area contributed by atoms with E-state index in [-0.39, 0.29) is 5.82 Å². The maximum atomic E-state index is 14.2. The van der Waals surface area contributed by atoms with Crippen molar-refractivity contribution in [3.8, 4) is 17.2 Å². The highest BCUT2D eigenvalue weighted by Crippen LogP contribution is 2.30. The smallest absolute Gasteiger partial charge is 0.132 e. The number of benzene rings is 2. The molecule has 0 aromatic heterocycles. The summed E-state index contributed by atoms with van der Waals surface area (Å²) in [7, 11) is -0.443. The molecule has 1 aliphatic rings. The van der Waals surface area contributed by atoms with Crippen molar-refractivity contribution in [1.82, 2.24) is 0 Å². The van der Waals surface area contributed by atoms with Crippen LogP contribution in [0, 0.1) is 23.1 Å². The molecule has 0 bridgehead atoms. The molecule has 3 rings (SSSR count). The third-order valence-electron chi connectivity index (χ3n) is 5.63. The Balaban J connectivity index is 1.61. The zero-order valence-corrected chi connectivity index (χ0v) is 16.6. The minimum absolute atomic E-state index is 0.321. The third-order valence-corrected chi connectivity index (χ3v) is 8.56. The van der Waals surface area contributed by atoms with Crippen LogP contribution in [0.3, 0.4) is 0 Å². The molecular weight excluding hydrogens is 337 g/mol. The molecule has 1 aliphatic heterocycles. The van der Waals surface area contributed by atoms with Crippen LogP contribution >= 0.6 is 0 Å². The second-order valence-electron chi connectivity index (χ2n) is 7.43. The van der Waals surface area contributed by atoms with E-state index < -0.39 is 8.80 Å². The molecule has 26 heavy (non-hydrogen) atoms. The fourth-order valence-electron chi connectivity index (χ4n) is 3.99. The first kappa shape index (κ1) is 18.9. The lowest BCUT2D eigenvalue weighted by molar-refractivity contribution is 0.418. The van der Waals surface area contributed by atoms with E-state index in [1.165, 1.54) is 61.9 Å². The van der Waals surface area contributed by atoms with E-state index in [1.807, 2.05) is 18.2 Å². The lowest BCUT2D eigenvalue weighted by Crippen LogP contribution is -2.33. The Morgan fingerprint density at radius 3 is 2.42 bits per heavy atom.